The first kappa shape index (κ1) is 13.8. The van der Waals surface area contributed by atoms with E-state index in [0.29, 0.717) is 6.54 Å². The van der Waals surface area contributed by atoms with Crippen LogP contribution in [0.5, 0.6) is 0 Å². The molecule has 1 atom stereocenters. The van der Waals surface area contributed by atoms with Gasteiger partial charge in [0.2, 0.25) is 11.6 Å². The van der Waals surface area contributed by atoms with Crippen molar-refractivity contribution < 1.29 is 4.79 Å². The lowest BCUT2D eigenvalue weighted by atomic mass is 9.77. The third kappa shape index (κ3) is 2.22. The van der Waals surface area contributed by atoms with Crippen LogP contribution in [-0.4, -0.2) is 38.8 Å². The van der Waals surface area contributed by atoms with Crippen LogP contribution in [0.3, 0.4) is 0 Å². The molecule has 0 bridgehead atoms. The van der Waals surface area contributed by atoms with Gasteiger partial charge in [0, 0.05) is 13.1 Å². The number of carbonyl (C=O) groups is 1. The number of carbonyl (C=O) groups excluding carboxylic acids is 1. The molecule has 0 aliphatic carbocycles. The van der Waals surface area contributed by atoms with Crippen molar-refractivity contribution in [1.29, 1.82) is 0 Å². The van der Waals surface area contributed by atoms with Crippen LogP contribution < -0.4 is 10.6 Å². The van der Waals surface area contributed by atoms with Crippen molar-refractivity contribution in [1.82, 2.24) is 19.8 Å². The van der Waals surface area contributed by atoms with Gasteiger partial charge in [-0.2, -0.15) is 9.61 Å². The van der Waals surface area contributed by atoms with Gasteiger partial charge < -0.3 is 10.6 Å². The van der Waals surface area contributed by atoms with E-state index in [2.05, 4.69) is 20.2 Å². The van der Waals surface area contributed by atoms with E-state index in [-0.39, 0.29) is 5.91 Å². The smallest absolute Gasteiger partial charge is 0.225 e. The average Bonchev–Trinajstić information content (AvgIpc) is 2.94. The van der Waals surface area contributed by atoms with E-state index >= 15 is 0 Å². The number of rotatable bonds is 3. The van der Waals surface area contributed by atoms with Gasteiger partial charge in [0.15, 0.2) is 0 Å². The molecule has 1 saturated heterocycles. The van der Waals surface area contributed by atoms with Crippen molar-refractivity contribution in [2.24, 2.45) is 11.1 Å². The zero-order valence-electron chi connectivity index (χ0n) is 12.4. The molecule has 1 aliphatic heterocycles. The molecule has 7 heteroatoms. The van der Waals surface area contributed by atoms with E-state index in [4.69, 9.17) is 5.73 Å². The minimum Gasteiger partial charge on any atom is -0.369 e. The minimum atomic E-state index is -0.452. The Morgan fingerprint density at radius 2 is 2.33 bits per heavy atom. The van der Waals surface area contributed by atoms with Crippen molar-refractivity contribution in [3.63, 3.8) is 0 Å². The Balaban J connectivity index is 2.02. The van der Waals surface area contributed by atoms with Crippen molar-refractivity contribution >= 4 is 17.2 Å². The molecule has 3 heterocycles. The van der Waals surface area contributed by atoms with Crippen LogP contribution >= 0.6 is 0 Å². The Hall–Kier alpha value is -2.18. The molecule has 2 N–H and O–H groups in total. The number of fused-ring (bicyclic) bond motifs is 1. The predicted octanol–water partition coefficient (Wildman–Crippen LogP) is 0.915. The number of aromatic nitrogens is 4. The molecule has 2 aromatic rings. The summed E-state index contributed by atoms with van der Waals surface area (Å²) in [6, 6.07) is 2.00. The van der Waals surface area contributed by atoms with Crippen LogP contribution in [0.1, 0.15) is 31.9 Å². The van der Waals surface area contributed by atoms with Crippen LogP contribution in [0.4, 0.5) is 5.69 Å². The Kier molecular flexibility index (Phi) is 3.27. The van der Waals surface area contributed by atoms with E-state index in [1.54, 1.807) is 10.8 Å². The molecule has 0 saturated carbocycles. The number of primary amides is 1. The van der Waals surface area contributed by atoms with Gasteiger partial charge >= 0.3 is 0 Å². The topological polar surface area (TPSA) is 89.4 Å². The molecule has 21 heavy (non-hydrogen) atoms. The Labute approximate surface area is 123 Å². The molecule has 1 fully saturated rings. The van der Waals surface area contributed by atoms with Crippen LogP contribution in [0.15, 0.2) is 12.4 Å². The van der Waals surface area contributed by atoms with Crippen LogP contribution in [0.2, 0.25) is 0 Å². The molecule has 0 radical (unpaired) electrons. The fourth-order valence-electron chi connectivity index (χ4n) is 3.17. The first-order chi connectivity index (χ1) is 10.1. The lowest BCUT2D eigenvalue weighted by Gasteiger charge is -2.41. The molecule has 0 aromatic carbocycles. The lowest BCUT2D eigenvalue weighted by Crippen LogP contribution is -2.50. The normalized spacial score (nSPS) is 22.7. The van der Waals surface area contributed by atoms with E-state index in [9.17, 15) is 4.79 Å². The van der Waals surface area contributed by atoms with Crippen LogP contribution in [0.25, 0.3) is 5.65 Å². The van der Waals surface area contributed by atoms with Gasteiger partial charge in [-0.1, -0.05) is 6.92 Å². The zero-order valence-corrected chi connectivity index (χ0v) is 12.4. The van der Waals surface area contributed by atoms with E-state index in [1.165, 1.54) is 0 Å². The number of anilines is 1. The fraction of sp³-hybridized carbons (Fsp3) is 0.571. The molecule has 112 valence electrons. The summed E-state index contributed by atoms with van der Waals surface area (Å²) in [7, 11) is 0. The average molecular weight is 288 g/mol. The zero-order chi connectivity index (χ0) is 15.0. The summed E-state index contributed by atoms with van der Waals surface area (Å²) in [5.74, 6) is -0.210. The summed E-state index contributed by atoms with van der Waals surface area (Å²) < 4.78 is 1.68. The molecule has 1 unspecified atom stereocenters. The maximum atomic E-state index is 11.9. The quantitative estimate of drug-likeness (QED) is 0.907. The van der Waals surface area contributed by atoms with Crippen molar-refractivity contribution in [2.45, 2.75) is 33.1 Å². The molecular weight excluding hydrogens is 268 g/mol. The summed E-state index contributed by atoms with van der Waals surface area (Å²) in [6.07, 6.45) is 4.14. The molecular formula is C14H20N6O. The van der Waals surface area contributed by atoms with E-state index in [1.807, 2.05) is 19.9 Å². The minimum absolute atomic E-state index is 0.210. The van der Waals surface area contributed by atoms with Gasteiger partial charge in [0.05, 0.1) is 16.8 Å². The highest BCUT2D eigenvalue weighted by molar-refractivity contribution is 5.82. The number of nitrogens with zero attached hydrogens (tertiary/aromatic N) is 5. The van der Waals surface area contributed by atoms with Gasteiger partial charge in [0.25, 0.3) is 0 Å². The molecule has 2 aromatic heterocycles. The second kappa shape index (κ2) is 4.98. The third-order valence-corrected chi connectivity index (χ3v) is 4.49. The van der Waals surface area contributed by atoms with E-state index in [0.717, 1.165) is 42.8 Å². The Bertz CT molecular complexity index is 681. The maximum Gasteiger partial charge on any atom is 0.225 e. The van der Waals surface area contributed by atoms with Gasteiger partial charge in [0.1, 0.15) is 6.33 Å². The second-order valence-electron chi connectivity index (χ2n) is 5.79. The molecule has 7 nitrogen and oxygen atoms in total. The van der Waals surface area contributed by atoms with E-state index < -0.39 is 5.41 Å². The van der Waals surface area contributed by atoms with Crippen molar-refractivity contribution in [3.8, 4) is 0 Å². The summed E-state index contributed by atoms with van der Waals surface area (Å²) in [6.45, 7) is 5.48. The molecule has 3 rings (SSSR count). The van der Waals surface area contributed by atoms with Gasteiger partial charge in [-0.25, -0.2) is 0 Å². The van der Waals surface area contributed by atoms with Gasteiger partial charge in [-0.3, -0.25) is 4.79 Å². The summed E-state index contributed by atoms with van der Waals surface area (Å²) >= 11 is 0. The van der Waals surface area contributed by atoms with Crippen molar-refractivity contribution in [3.05, 3.63) is 18.1 Å². The largest absolute Gasteiger partial charge is 0.369 e. The highest BCUT2D eigenvalue weighted by Gasteiger charge is 2.39. The lowest BCUT2D eigenvalue weighted by molar-refractivity contribution is -0.128. The number of aryl methyl sites for hydroxylation is 1. The summed E-state index contributed by atoms with van der Waals surface area (Å²) in [5, 5.41) is 12.4. The maximum absolute atomic E-state index is 11.9. The number of piperidine rings is 1. The van der Waals surface area contributed by atoms with Crippen LogP contribution in [-0.2, 0) is 4.79 Å². The SMILES string of the molecule is CCC1(C(N)=O)CCCN(c2cc(C)nn3cnnc23)C1. The summed E-state index contributed by atoms with van der Waals surface area (Å²) in [5.41, 5.74) is 7.80. The first-order valence-corrected chi connectivity index (χ1v) is 7.28. The molecule has 1 amide bonds. The first-order valence-electron chi connectivity index (χ1n) is 7.28. The van der Waals surface area contributed by atoms with Crippen LogP contribution in [0, 0.1) is 12.3 Å². The number of amides is 1. The van der Waals surface area contributed by atoms with Gasteiger partial charge in [-0.05, 0) is 32.3 Å². The number of hydrogen-bond donors (Lipinski definition) is 1. The third-order valence-electron chi connectivity index (χ3n) is 4.49. The van der Waals surface area contributed by atoms with Gasteiger partial charge in [-0.15, -0.1) is 10.2 Å². The highest BCUT2D eigenvalue weighted by atomic mass is 16.1. The Morgan fingerprint density at radius 3 is 3.05 bits per heavy atom. The number of nitrogens with two attached hydrogens (primary N) is 1. The fourth-order valence-corrected chi connectivity index (χ4v) is 3.17. The summed E-state index contributed by atoms with van der Waals surface area (Å²) in [4.78, 5) is 14.1. The number of hydrogen-bond acceptors (Lipinski definition) is 5. The second-order valence-corrected chi connectivity index (χ2v) is 5.79. The highest BCUT2D eigenvalue weighted by Crippen LogP contribution is 2.36. The predicted molar refractivity (Wildman–Crippen MR) is 78.9 cm³/mol. The molecule has 1 aliphatic rings. The van der Waals surface area contributed by atoms with Crippen molar-refractivity contribution in [2.75, 3.05) is 18.0 Å². The standard InChI is InChI=1S/C14H20N6O/c1-3-14(13(15)21)5-4-6-19(8-14)11-7-10(2)18-20-9-16-17-12(11)20/h7,9H,3-6,8H2,1-2H3,(H2,15,21). The monoisotopic (exact) mass is 288 g/mol. The molecule has 0 spiro atoms. The Morgan fingerprint density at radius 1 is 1.52 bits per heavy atom.